The molecule has 0 heterocycles. The molecule has 2 heteroatoms. The maximum atomic E-state index is 11.2. The van der Waals surface area contributed by atoms with Gasteiger partial charge in [-0.3, -0.25) is 4.39 Å². The molecule has 0 saturated carbocycles. The number of hydrogen-bond donors (Lipinski definition) is 1. The summed E-state index contributed by atoms with van der Waals surface area (Å²) in [5.74, 6) is 0. The normalized spacial score (nSPS) is 10.6. The molecule has 0 amide bonds. The maximum absolute atomic E-state index is 11.2. The van der Waals surface area contributed by atoms with Gasteiger partial charge in [0, 0.05) is 0 Å². The van der Waals surface area contributed by atoms with E-state index in [0.717, 1.165) is 0 Å². The lowest BCUT2D eigenvalue weighted by Gasteiger charge is -1.77. The standard InChI is InChI=1S/C5H9FO/c6-4-2-1-3-5-7/h1,3,7H,2,4-5H2. The second-order valence-corrected chi connectivity index (χ2v) is 1.13. The van der Waals surface area contributed by atoms with Crippen LogP contribution in [0.1, 0.15) is 6.42 Å². The van der Waals surface area contributed by atoms with E-state index in [9.17, 15) is 4.39 Å². The van der Waals surface area contributed by atoms with Crippen LogP contribution in [0.4, 0.5) is 4.39 Å². The molecule has 0 saturated heterocycles. The number of aliphatic hydroxyl groups excluding tert-OH is 1. The minimum Gasteiger partial charge on any atom is -0.392 e. The molecule has 0 aliphatic heterocycles. The van der Waals surface area contributed by atoms with Crippen molar-refractivity contribution in [2.45, 2.75) is 6.42 Å². The van der Waals surface area contributed by atoms with Crippen molar-refractivity contribution in [1.29, 1.82) is 0 Å². The van der Waals surface area contributed by atoms with E-state index in [0.29, 0.717) is 6.42 Å². The van der Waals surface area contributed by atoms with Crippen LogP contribution in [0.5, 0.6) is 0 Å². The summed E-state index contributed by atoms with van der Waals surface area (Å²) in [5, 5.41) is 8.08. The van der Waals surface area contributed by atoms with Crippen molar-refractivity contribution >= 4 is 0 Å². The first-order valence-corrected chi connectivity index (χ1v) is 2.23. The number of rotatable bonds is 3. The van der Waals surface area contributed by atoms with Gasteiger partial charge in [-0.05, 0) is 6.42 Å². The molecule has 0 fully saturated rings. The highest BCUT2D eigenvalue weighted by atomic mass is 19.1. The van der Waals surface area contributed by atoms with Gasteiger partial charge in [0.2, 0.25) is 0 Å². The molecule has 0 aromatic rings. The molecule has 0 atom stereocenters. The Bertz CT molecular complexity index is 52.0. The molecule has 1 nitrogen and oxygen atoms in total. The Morgan fingerprint density at radius 3 is 2.57 bits per heavy atom. The molecule has 42 valence electrons. The SMILES string of the molecule is OCC=CCCF. The number of halogens is 1. The Labute approximate surface area is 42.5 Å². The molecule has 0 aromatic carbocycles. The largest absolute Gasteiger partial charge is 0.392 e. The molecular weight excluding hydrogens is 95.1 g/mol. The minimum absolute atomic E-state index is 0.0139. The first kappa shape index (κ1) is 6.63. The van der Waals surface area contributed by atoms with Gasteiger partial charge in [0.15, 0.2) is 0 Å². The monoisotopic (exact) mass is 104 g/mol. The van der Waals surface area contributed by atoms with Crippen molar-refractivity contribution in [2.75, 3.05) is 13.3 Å². The molecule has 0 bridgehead atoms. The van der Waals surface area contributed by atoms with Gasteiger partial charge in [0.1, 0.15) is 0 Å². The van der Waals surface area contributed by atoms with E-state index in [1.165, 1.54) is 6.08 Å². The maximum Gasteiger partial charge on any atom is 0.0928 e. The number of aliphatic hydroxyl groups is 1. The number of alkyl halides is 1. The van der Waals surface area contributed by atoms with E-state index in [-0.39, 0.29) is 13.3 Å². The Morgan fingerprint density at radius 1 is 1.43 bits per heavy atom. The zero-order chi connectivity index (χ0) is 5.54. The van der Waals surface area contributed by atoms with Crippen LogP contribution in [0.2, 0.25) is 0 Å². The third kappa shape index (κ3) is 5.63. The second-order valence-electron chi connectivity index (χ2n) is 1.13. The van der Waals surface area contributed by atoms with Gasteiger partial charge >= 0.3 is 0 Å². The van der Waals surface area contributed by atoms with E-state index in [1.807, 2.05) is 0 Å². The molecule has 0 unspecified atom stereocenters. The van der Waals surface area contributed by atoms with Crippen LogP contribution in [-0.2, 0) is 0 Å². The number of hydrogen-bond acceptors (Lipinski definition) is 1. The molecule has 0 aliphatic rings. The van der Waals surface area contributed by atoms with Gasteiger partial charge in [-0.2, -0.15) is 0 Å². The van der Waals surface area contributed by atoms with E-state index in [1.54, 1.807) is 6.08 Å². The summed E-state index contributed by atoms with van der Waals surface area (Å²) < 4.78 is 11.2. The first-order chi connectivity index (χ1) is 3.41. The summed E-state index contributed by atoms with van der Waals surface area (Å²) in [4.78, 5) is 0. The van der Waals surface area contributed by atoms with Crippen LogP contribution in [0.25, 0.3) is 0 Å². The van der Waals surface area contributed by atoms with E-state index < -0.39 is 0 Å². The van der Waals surface area contributed by atoms with E-state index in [4.69, 9.17) is 5.11 Å². The lowest BCUT2D eigenvalue weighted by Crippen LogP contribution is -1.72. The second kappa shape index (κ2) is 5.63. The fourth-order valence-corrected chi connectivity index (χ4v) is 0.255. The highest BCUT2D eigenvalue weighted by Gasteiger charge is 1.71. The Morgan fingerprint density at radius 2 is 2.14 bits per heavy atom. The Kier molecular flexibility index (Phi) is 5.33. The fourth-order valence-electron chi connectivity index (χ4n) is 0.255. The van der Waals surface area contributed by atoms with Crippen LogP contribution in [0.3, 0.4) is 0 Å². The number of allylic oxidation sites excluding steroid dienone is 1. The molecular formula is C5H9FO. The van der Waals surface area contributed by atoms with Crippen molar-refractivity contribution < 1.29 is 9.50 Å². The summed E-state index contributed by atoms with van der Waals surface area (Å²) >= 11 is 0. The third-order valence-electron chi connectivity index (χ3n) is 0.548. The molecule has 0 aromatic heterocycles. The van der Waals surface area contributed by atoms with Gasteiger partial charge in [-0.25, -0.2) is 0 Å². The molecule has 0 spiro atoms. The van der Waals surface area contributed by atoms with Crippen LogP contribution < -0.4 is 0 Å². The van der Waals surface area contributed by atoms with Gasteiger partial charge in [-0.1, -0.05) is 12.2 Å². The van der Waals surface area contributed by atoms with Gasteiger partial charge in [0.25, 0.3) is 0 Å². The van der Waals surface area contributed by atoms with Gasteiger partial charge in [0.05, 0.1) is 13.3 Å². The Balaban J connectivity index is 2.78. The minimum atomic E-state index is -0.337. The van der Waals surface area contributed by atoms with Crippen molar-refractivity contribution in [3.05, 3.63) is 12.2 Å². The topological polar surface area (TPSA) is 20.2 Å². The average Bonchev–Trinajstić information content (AvgIpc) is 1.69. The molecule has 1 N–H and O–H groups in total. The third-order valence-corrected chi connectivity index (χ3v) is 0.548. The molecule has 0 rings (SSSR count). The lowest BCUT2D eigenvalue weighted by molar-refractivity contribution is 0.342. The molecule has 7 heavy (non-hydrogen) atoms. The lowest BCUT2D eigenvalue weighted by atomic mass is 10.4. The fraction of sp³-hybridized carbons (Fsp3) is 0.600. The van der Waals surface area contributed by atoms with Crippen LogP contribution in [0.15, 0.2) is 12.2 Å². The van der Waals surface area contributed by atoms with Gasteiger partial charge in [-0.15, -0.1) is 0 Å². The van der Waals surface area contributed by atoms with Crippen LogP contribution in [0, 0.1) is 0 Å². The zero-order valence-electron chi connectivity index (χ0n) is 4.10. The van der Waals surface area contributed by atoms with E-state index in [2.05, 4.69) is 0 Å². The van der Waals surface area contributed by atoms with Gasteiger partial charge < -0.3 is 5.11 Å². The highest BCUT2D eigenvalue weighted by Crippen LogP contribution is 1.80. The van der Waals surface area contributed by atoms with Crippen molar-refractivity contribution in [2.24, 2.45) is 0 Å². The quantitative estimate of drug-likeness (QED) is 0.527. The van der Waals surface area contributed by atoms with Crippen molar-refractivity contribution in [1.82, 2.24) is 0 Å². The first-order valence-electron chi connectivity index (χ1n) is 2.23. The smallest absolute Gasteiger partial charge is 0.0928 e. The average molecular weight is 104 g/mol. The summed E-state index contributed by atoms with van der Waals surface area (Å²) in [7, 11) is 0. The van der Waals surface area contributed by atoms with Crippen molar-refractivity contribution in [3.63, 3.8) is 0 Å². The van der Waals surface area contributed by atoms with E-state index >= 15 is 0 Å². The molecule has 0 radical (unpaired) electrons. The predicted octanol–water partition coefficient (Wildman–Crippen LogP) is 0.895. The summed E-state index contributed by atoms with van der Waals surface area (Å²) in [6, 6.07) is 0. The van der Waals surface area contributed by atoms with Crippen LogP contribution >= 0.6 is 0 Å². The zero-order valence-corrected chi connectivity index (χ0v) is 4.10. The van der Waals surface area contributed by atoms with Crippen molar-refractivity contribution in [3.8, 4) is 0 Å². The summed E-state index contributed by atoms with van der Waals surface area (Å²) in [6.45, 7) is -0.323. The summed E-state index contributed by atoms with van der Waals surface area (Å²) in [6.07, 6.45) is 3.56. The summed E-state index contributed by atoms with van der Waals surface area (Å²) in [5.41, 5.74) is 0. The Hall–Kier alpha value is -0.370. The molecule has 0 aliphatic carbocycles. The van der Waals surface area contributed by atoms with Crippen LogP contribution in [-0.4, -0.2) is 18.4 Å². The predicted molar refractivity (Wildman–Crippen MR) is 26.8 cm³/mol. The highest BCUT2D eigenvalue weighted by molar-refractivity contribution is 4.79.